The lowest BCUT2D eigenvalue weighted by Crippen LogP contribution is -2.13. The van der Waals surface area contributed by atoms with E-state index in [-0.39, 0.29) is 11.5 Å². The third-order valence-corrected chi connectivity index (χ3v) is 5.98. The summed E-state index contributed by atoms with van der Waals surface area (Å²) in [6.07, 6.45) is -1.05. The average molecular weight is 433 g/mol. The fourth-order valence-electron chi connectivity index (χ4n) is 3.29. The minimum Gasteiger partial charge on any atom is -0.381 e. The van der Waals surface area contributed by atoms with Crippen LogP contribution in [0.15, 0.2) is 48.7 Å². The van der Waals surface area contributed by atoms with Crippen LogP contribution in [-0.2, 0) is 10.9 Å². The van der Waals surface area contributed by atoms with Gasteiger partial charge in [-0.15, -0.1) is 11.3 Å². The number of aromatic nitrogens is 2. The van der Waals surface area contributed by atoms with Crippen LogP contribution in [0.2, 0.25) is 0 Å². The van der Waals surface area contributed by atoms with Gasteiger partial charge in [-0.3, -0.25) is 15.1 Å². The molecule has 5 nitrogen and oxygen atoms in total. The summed E-state index contributed by atoms with van der Waals surface area (Å²) >= 11 is 1.37. The summed E-state index contributed by atoms with van der Waals surface area (Å²) in [5.41, 5.74) is 0.762. The predicted molar refractivity (Wildman–Crippen MR) is 108 cm³/mol. The molecule has 3 heterocycles. The molecule has 0 aliphatic carbocycles. The van der Waals surface area contributed by atoms with E-state index in [2.05, 4.69) is 15.3 Å². The van der Waals surface area contributed by atoms with Crippen LogP contribution in [-0.4, -0.2) is 29.1 Å². The fourth-order valence-corrected chi connectivity index (χ4v) is 4.43. The molecule has 0 radical (unpaired) electrons. The molecule has 1 aliphatic rings. The molecule has 1 aliphatic heterocycles. The Morgan fingerprint density at radius 1 is 1.10 bits per heavy atom. The topological polar surface area (TPSA) is 64.1 Å². The third kappa shape index (κ3) is 4.52. The smallest absolute Gasteiger partial charge is 0.381 e. The van der Waals surface area contributed by atoms with Crippen molar-refractivity contribution in [3.05, 3.63) is 64.7 Å². The maximum Gasteiger partial charge on any atom is 0.416 e. The van der Waals surface area contributed by atoms with Crippen molar-refractivity contribution >= 4 is 22.4 Å². The van der Waals surface area contributed by atoms with Crippen LogP contribution in [0, 0.1) is 0 Å². The van der Waals surface area contributed by atoms with Crippen LogP contribution in [0.4, 0.5) is 18.3 Å². The lowest BCUT2D eigenvalue weighted by atomic mass is 9.96. The van der Waals surface area contributed by atoms with Crippen LogP contribution < -0.4 is 5.32 Å². The van der Waals surface area contributed by atoms with Gasteiger partial charge in [-0.1, -0.05) is 6.07 Å². The Labute approximate surface area is 174 Å². The van der Waals surface area contributed by atoms with Gasteiger partial charge in [-0.05, 0) is 49.2 Å². The van der Waals surface area contributed by atoms with Crippen LogP contribution in [0.25, 0.3) is 11.4 Å². The van der Waals surface area contributed by atoms with Crippen LogP contribution in [0.3, 0.4) is 0 Å². The van der Waals surface area contributed by atoms with Crippen molar-refractivity contribution in [1.29, 1.82) is 0 Å². The molecule has 2 aromatic heterocycles. The number of amides is 1. The molecule has 3 aromatic rings. The predicted octanol–water partition coefficient (Wildman–Crippen LogP) is 5.37. The number of anilines is 1. The summed E-state index contributed by atoms with van der Waals surface area (Å²) in [6.45, 7) is 1.33. The highest BCUT2D eigenvalue weighted by Crippen LogP contribution is 2.40. The molecule has 1 aromatic carbocycles. The number of nitrogens with one attached hydrogen (secondary N) is 1. The highest BCUT2D eigenvalue weighted by Gasteiger charge is 2.30. The molecule has 156 valence electrons. The number of carbonyl (C=O) groups excluding carboxylic acids is 1. The molecule has 1 N–H and O–H groups in total. The van der Waals surface area contributed by atoms with E-state index in [4.69, 9.17) is 4.74 Å². The Kier molecular flexibility index (Phi) is 5.83. The maximum atomic E-state index is 12.7. The fraction of sp³-hybridized carbons (Fsp3) is 0.286. The molecule has 0 atom stereocenters. The van der Waals surface area contributed by atoms with E-state index >= 15 is 0 Å². The standard InChI is InChI=1S/C21H18F3N3O2S/c22-21(23,24)15-6-4-14(5-7-15)19(28)27-20-26-17(16-3-1-2-10-25-16)18(30-20)13-8-11-29-12-9-13/h1-7,10,13H,8-9,11-12H2,(H,26,27,28). The zero-order chi connectivity index (χ0) is 21.1. The van der Waals surface area contributed by atoms with Gasteiger partial charge >= 0.3 is 6.18 Å². The molecule has 9 heteroatoms. The lowest BCUT2D eigenvalue weighted by molar-refractivity contribution is -0.137. The average Bonchev–Trinajstić information content (AvgIpc) is 3.18. The number of nitrogens with zero attached hydrogens (tertiary/aromatic N) is 2. The Balaban J connectivity index is 1.59. The molecule has 0 unspecified atom stereocenters. The van der Waals surface area contributed by atoms with Crippen molar-refractivity contribution in [2.45, 2.75) is 24.9 Å². The number of pyridine rings is 1. The number of hydrogen-bond acceptors (Lipinski definition) is 5. The Morgan fingerprint density at radius 2 is 1.83 bits per heavy atom. The van der Waals surface area contributed by atoms with Crippen LogP contribution >= 0.6 is 11.3 Å². The first kappa shape index (κ1) is 20.5. The number of alkyl halides is 3. The summed E-state index contributed by atoms with van der Waals surface area (Å²) < 4.78 is 43.6. The molecule has 1 amide bonds. The van der Waals surface area contributed by atoms with Gasteiger partial charge in [-0.2, -0.15) is 13.2 Å². The Hall–Kier alpha value is -2.78. The van der Waals surface area contributed by atoms with E-state index in [1.54, 1.807) is 6.20 Å². The summed E-state index contributed by atoms with van der Waals surface area (Å²) in [5.74, 6) is -0.256. The summed E-state index contributed by atoms with van der Waals surface area (Å²) in [7, 11) is 0. The molecule has 1 fully saturated rings. The van der Waals surface area contributed by atoms with Crippen molar-refractivity contribution in [2.24, 2.45) is 0 Å². The number of ether oxygens (including phenoxy) is 1. The summed E-state index contributed by atoms with van der Waals surface area (Å²) in [4.78, 5) is 22.5. The first-order chi connectivity index (χ1) is 14.4. The van der Waals surface area contributed by atoms with E-state index in [1.165, 1.54) is 11.3 Å². The molecule has 0 bridgehead atoms. The second-order valence-electron chi connectivity index (χ2n) is 6.86. The van der Waals surface area contributed by atoms with Gasteiger partial charge in [-0.25, -0.2) is 4.98 Å². The van der Waals surface area contributed by atoms with E-state index in [0.29, 0.717) is 24.0 Å². The van der Waals surface area contributed by atoms with E-state index in [9.17, 15) is 18.0 Å². The largest absolute Gasteiger partial charge is 0.416 e. The number of carbonyl (C=O) groups is 1. The van der Waals surface area contributed by atoms with Gasteiger partial charge in [0.05, 0.1) is 11.3 Å². The van der Waals surface area contributed by atoms with Crippen molar-refractivity contribution in [3.63, 3.8) is 0 Å². The maximum absolute atomic E-state index is 12.7. The second-order valence-corrected chi connectivity index (χ2v) is 7.89. The molecular formula is C21H18F3N3O2S. The molecule has 4 rings (SSSR count). The van der Waals surface area contributed by atoms with Crippen molar-refractivity contribution < 1.29 is 22.7 Å². The van der Waals surface area contributed by atoms with Crippen LogP contribution in [0.1, 0.15) is 39.6 Å². The first-order valence-corrected chi connectivity index (χ1v) is 10.2. The van der Waals surface area contributed by atoms with Gasteiger partial charge in [0, 0.05) is 35.8 Å². The highest BCUT2D eigenvalue weighted by atomic mass is 32.1. The van der Waals surface area contributed by atoms with Gasteiger partial charge in [0.25, 0.3) is 5.91 Å². The van der Waals surface area contributed by atoms with Gasteiger partial charge in [0.1, 0.15) is 5.69 Å². The van der Waals surface area contributed by atoms with E-state index in [0.717, 1.165) is 47.7 Å². The Bertz CT molecular complexity index is 1010. The molecule has 0 saturated carbocycles. The number of hydrogen-bond donors (Lipinski definition) is 1. The minimum atomic E-state index is -4.44. The number of halogens is 3. The first-order valence-electron chi connectivity index (χ1n) is 9.40. The normalized spacial score (nSPS) is 15.2. The number of rotatable bonds is 4. The van der Waals surface area contributed by atoms with E-state index in [1.807, 2.05) is 18.2 Å². The van der Waals surface area contributed by atoms with Crippen molar-refractivity contribution in [1.82, 2.24) is 9.97 Å². The third-order valence-electron chi connectivity index (χ3n) is 4.85. The van der Waals surface area contributed by atoms with Crippen molar-refractivity contribution in [3.8, 4) is 11.4 Å². The molecule has 30 heavy (non-hydrogen) atoms. The van der Waals surface area contributed by atoms with E-state index < -0.39 is 17.6 Å². The zero-order valence-electron chi connectivity index (χ0n) is 15.8. The zero-order valence-corrected chi connectivity index (χ0v) is 16.6. The number of thiazole rings is 1. The van der Waals surface area contributed by atoms with Gasteiger partial charge < -0.3 is 4.74 Å². The van der Waals surface area contributed by atoms with Gasteiger partial charge in [0.15, 0.2) is 5.13 Å². The highest BCUT2D eigenvalue weighted by molar-refractivity contribution is 7.16. The van der Waals surface area contributed by atoms with Crippen molar-refractivity contribution in [2.75, 3.05) is 18.5 Å². The Morgan fingerprint density at radius 3 is 2.47 bits per heavy atom. The lowest BCUT2D eigenvalue weighted by Gasteiger charge is -2.21. The number of benzene rings is 1. The van der Waals surface area contributed by atoms with Crippen LogP contribution in [0.5, 0.6) is 0 Å². The monoisotopic (exact) mass is 433 g/mol. The SMILES string of the molecule is O=C(Nc1nc(-c2ccccn2)c(C2CCOCC2)s1)c1ccc(C(F)(F)F)cc1. The molecular weight excluding hydrogens is 415 g/mol. The minimum absolute atomic E-state index is 0.130. The quantitative estimate of drug-likeness (QED) is 0.601. The summed E-state index contributed by atoms with van der Waals surface area (Å²) in [6, 6.07) is 9.65. The molecule has 1 saturated heterocycles. The second kappa shape index (κ2) is 8.53. The summed E-state index contributed by atoms with van der Waals surface area (Å²) in [5, 5.41) is 3.11. The van der Waals surface area contributed by atoms with Gasteiger partial charge in [0.2, 0.25) is 0 Å². The molecule has 0 spiro atoms.